The van der Waals surface area contributed by atoms with Crippen LogP contribution in [-0.2, 0) is 6.54 Å². The normalized spacial score (nSPS) is 17.1. The lowest BCUT2D eigenvalue weighted by molar-refractivity contribution is 0.0827. The summed E-state index contributed by atoms with van der Waals surface area (Å²) in [5.74, 6) is 0.851. The molecule has 1 amide bonds. The number of amides is 1. The predicted molar refractivity (Wildman–Crippen MR) is 120 cm³/mol. The molecular formula is C22H38N6O. The van der Waals surface area contributed by atoms with Gasteiger partial charge in [0.05, 0.1) is 6.54 Å². The summed E-state index contributed by atoms with van der Waals surface area (Å²) < 4.78 is 0. The first-order valence-corrected chi connectivity index (χ1v) is 10.7. The Balaban J connectivity index is 1.86. The van der Waals surface area contributed by atoms with Gasteiger partial charge in [0.25, 0.3) is 5.91 Å². The van der Waals surface area contributed by atoms with E-state index in [1.165, 1.54) is 0 Å². The molecule has 1 aromatic rings. The number of benzene rings is 1. The number of nitrogens with zero attached hydrogens (tertiary/aromatic N) is 4. The van der Waals surface area contributed by atoms with Crippen LogP contribution >= 0.6 is 0 Å². The van der Waals surface area contributed by atoms with Crippen molar-refractivity contribution in [1.82, 2.24) is 25.3 Å². The molecule has 29 heavy (non-hydrogen) atoms. The first-order valence-electron chi connectivity index (χ1n) is 10.7. The summed E-state index contributed by atoms with van der Waals surface area (Å²) in [7, 11) is 3.53. The van der Waals surface area contributed by atoms with Crippen LogP contribution in [0, 0.1) is 0 Å². The van der Waals surface area contributed by atoms with Gasteiger partial charge in [-0.05, 0) is 38.1 Å². The van der Waals surface area contributed by atoms with Gasteiger partial charge < -0.3 is 20.4 Å². The number of likely N-dealkylation sites (N-methyl/N-ethyl adjacent to an activating group) is 1. The van der Waals surface area contributed by atoms with Gasteiger partial charge in [0.2, 0.25) is 0 Å². The standard InChI is InChI=1S/C22H38N6O/c1-6-23-22(24-16-18(3)28-14-12-27(7-2)13-15-28)25-17-19-8-10-20(11-9-19)21(29)26(4)5/h8-11,18H,6-7,12-17H2,1-5H3,(H2,23,24,25). The molecule has 0 radical (unpaired) electrons. The van der Waals surface area contributed by atoms with Gasteiger partial charge in [-0.15, -0.1) is 0 Å². The third-order valence-electron chi connectivity index (χ3n) is 5.41. The summed E-state index contributed by atoms with van der Waals surface area (Å²) >= 11 is 0. The lowest BCUT2D eigenvalue weighted by Gasteiger charge is -2.37. The molecular weight excluding hydrogens is 364 g/mol. The molecule has 7 nitrogen and oxygen atoms in total. The van der Waals surface area contributed by atoms with E-state index in [4.69, 9.17) is 4.99 Å². The monoisotopic (exact) mass is 402 g/mol. The molecule has 0 aliphatic carbocycles. The van der Waals surface area contributed by atoms with Crippen LogP contribution in [0.4, 0.5) is 0 Å². The highest BCUT2D eigenvalue weighted by molar-refractivity contribution is 5.93. The summed E-state index contributed by atoms with van der Waals surface area (Å²) in [6.07, 6.45) is 0. The van der Waals surface area contributed by atoms with E-state index in [0.717, 1.165) is 57.3 Å². The van der Waals surface area contributed by atoms with Crippen LogP contribution in [-0.4, -0.2) is 92.5 Å². The molecule has 1 unspecified atom stereocenters. The molecule has 1 atom stereocenters. The molecule has 2 rings (SSSR count). The highest BCUT2D eigenvalue weighted by Gasteiger charge is 2.20. The zero-order chi connectivity index (χ0) is 21.2. The molecule has 0 saturated carbocycles. The fourth-order valence-corrected chi connectivity index (χ4v) is 3.42. The Bertz CT molecular complexity index is 650. The second kappa shape index (κ2) is 11.8. The van der Waals surface area contributed by atoms with Gasteiger partial charge >= 0.3 is 0 Å². The smallest absolute Gasteiger partial charge is 0.253 e. The molecule has 1 aromatic carbocycles. The van der Waals surface area contributed by atoms with E-state index in [9.17, 15) is 4.79 Å². The zero-order valence-electron chi connectivity index (χ0n) is 18.7. The van der Waals surface area contributed by atoms with Crippen LogP contribution in [0.25, 0.3) is 0 Å². The lowest BCUT2D eigenvalue weighted by Crippen LogP contribution is -2.53. The van der Waals surface area contributed by atoms with Crippen molar-refractivity contribution in [3.05, 3.63) is 35.4 Å². The molecule has 1 fully saturated rings. The van der Waals surface area contributed by atoms with Gasteiger partial charge in [0, 0.05) is 65.0 Å². The van der Waals surface area contributed by atoms with Gasteiger partial charge in [0.1, 0.15) is 0 Å². The summed E-state index contributed by atoms with van der Waals surface area (Å²) in [5.41, 5.74) is 1.78. The minimum Gasteiger partial charge on any atom is -0.357 e. The second-order valence-electron chi connectivity index (χ2n) is 7.79. The van der Waals surface area contributed by atoms with E-state index in [1.54, 1.807) is 19.0 Å². The minimum absolute atomic E-state index is 0.0174. The first kappa shape index (κ1) is 23.2. The number of hydrogen-bond acceptors (Lipinski definition) is 4. The van der Waals surface area contributed by atoms with Crippen molar-refractivity contribution < 1.29 is 4.79 Å². The average Bonchev–Trinajstić information content (AvgIpc) is 2.75. The molecule has 1 saturated heterocycles. The third-order valence-corrected chi connectivity index (χ3v) is 5.41. The maximum absolute atomic E-state index is 12.0. The molecule has 0 spiro atoms. The summed E-state index contributed by atoms with van der Waals surface area (Å²) in [6, 6.07) is 8.14. The topological polar surface area (TPSA) is 63.2 Å². The van der Waals surface area contributed by atoms with Crippen molar-refractivity contribution in [2.75, 3.05) is 59.9 Å². The van der Waals surface area contributed by atoms with Gasteiger partial charge in [-0.3, -0.25) is 9.69 Å². The van der Waals surface area contributed by atoms with Gasteiger partial charge in [-0.1, -0.05) is 19.1 Å². The fourth-order valence-electron chi connectivity index (χ4n) is 3.42. The zero-order valence-corrected chi connectivity index (χ0v) is 18.7. The Labute approximate surface area is 176 Å². The molecule has 1 aliphatic heterocycles. The summed E-state index contributed by atoms with van der Waals surface area (Å²) in [6.45, 7) is 14.6. The molecule has 162 valence electrons. The predicted octanol–water partition coefficient (Wildman–Crippen LogP) is 1.47. The van der Waals surface area contributed by atoms with E-state index < -0.39 is 0 Å². The van der Waals surface area contributed by atoms with Crippen LogP contribution in [0.1, 0.15) is 36.7 Å². The first-order chi connectivity index (χ1) is 13.9. The third kappa shape index (κ3) is 7.33. The second-order valence-corrected chi connectivity index (χ2v) is 7.79. The maximum Gasteiger partial charge on any atom is 0.253 e. The average molecular weight is 403 g/mol. The quantitative estimate of drug-likeness (QED) is 0.509. The Morgan fingerprint density at radius 3 is 2.31 bits per heavy atom. The van der Waals surface area contributed by atoms with E-state index in [2.05, 4.69) is 41.2 Å². The molecule has 1 heterocycles. The minimum atomic E-state index is 0.0174. The highest BCUT2D eigenvalue weighted by Crippen LogP contribution is 2.08. The van der Waals surface area contributed by atoms with Gasteiger partial charge in [-0.25, -0.2) is 4.99 Å². The number of carbonyl (C=O) groups is 1. The SMILES string of the molecule is CCNC(=NCc1ccc(C(=O)N(C)C)cc1)NCC(C)N1CCN(CC)CC1. The maximum atomic E-state index is 12.0. The van der Waals surface area contributed by atoms with Crippen molar-refractivity contribution in [3.63, 3.8) is 0 Å². The van der Waals surface area contributed by atoms with Crippen molar-refractivity contribution in [2.45, 2.75) is 33.4 Å². The largest absolute Gasteiger partial charge is 0.357 e. The number of guanidine groups is 1. The summed E-state index contributed by atoms with van der Waals surface area (Å²) in [5, 5.41) is 6.80. The van der Waals surface area contributed by atoms with Gasteiger partial charge in [0.15, 0.2) is 5.96 Å². The molecule has 0 bridgehead atoms. The Morgan fingerprint density at radius 2 is 1.76 bits per heavy atom. The van der Waals surface area contributed by atoms with Crippen LogP contribution in [0.3, 0.4) is 0 Å². The number of carbonyl (C=O) groups excluding carboxylic acids is 1. The van der Waals surface area contributed by atoms with Crippen molar-refractivity contribution in [2.24, 2.45) is 4.99 Å². The van der Waals surface area contributed by atoms with Crippen LogP contribution < -0.4 is 10.6 Å². The van der Waals surface area contributed by atoms with E-state index in [1.807, 2.05) is 24.3 Å². The van der Waals surface area contributed by atoms with Crippen LogP contribution in [0.5, 0.6) is 0 Å². The molecule has 1 aliphatic rings. The molecule has 7 heteroatoms. The van der Waals surface area contributed by atoms with Crippen molar-refractivity contribution >= 4 is 11.9 Å². The Hall–Kier alpha value is -2.12. The molecule has 0 aromatic heterocycles. The number of nitrogens with one attached hydrogen (secondary N) is 2. The van der Waals surface area contributed by atoms with Crippen LogP contribution in [0.2, 0.25) is 0 Å². The molecule has 2 N–H and O–H groups in total. The number of hydrogen-bond donors (Lipinski definition) is 2. The summed E-state index contributed by atoms with van der Waals surface area (Å²) in [4.78, 5) is 23.3. The highest BCUT2D eigenvalue weighted by atomic mass is 16.2. The number of aliphatic imine (C=N–C) groups is 1. The number of rotatable bonds is 8. The Morgan fingerprint density at radius 1 is 1.10 bits per heavy atom. The van der Waals surface area contributed by atoms with E-state index >= 15 is 0 Å². The Kier molecular flexibility index (Phi) is 9.41. The number of piperazine rings is 1. The van der Waals surface area contributed by atoms with E-state index in [0.29, 0.717) is 18.2 Å². The lowest BCUT2D eigenvalue weighted by atomic mass is 10.1. The van der Waals surface area contributed by atoms with Crippen LogP contribution in [0.15, 0.2) is 29.3 Å². The van der Waals surface area contributed by atoms with Crippen molar-refractivity contribution in [3.8, 4) is 0 Å². The van der Waals surface area contributed by atoms with Gasteiger partial charge in [-0.2, -0.15) is 0 Å². The fraction of sp³-hybridized carbons (Fsp3) is 0.636. The van der Waals surface area contributed by atoms with Crippen molar-refractivity contribution in [1.29, 1.82) is 0 Å². The van der Waals surface area contributed by atoms with E-state index in [-0.39, 0.29) is 5.91 Å².